The van der Waals surface area contributed by atoms with Gasteiger partial charge >= 0.3 is 0 Å². The highest BCUT2D eigenvalue weighted by molar-refractivity contribution is 7.92. The lowest BCUT2D eigenvalue weighted by Crippen LogP contribution is -2.29. The van der Waals surface area contributed by atoms with Crippen molar-refractivity contribution < 1.29 is 17.9 Å². The smallest absolute Gasteiger partial charge is 0.255 e. The summed E-state index contributed by atoms with van der Waals surface area (Å²) in [4.78, 5) is 12.6. The van der Waals surface area contributed by atoms with Gasteiger partial charge in [-0.3, -0.25) is 9.10 Å². The predicted molar refractivity (Wildman–Crippen MR) is 115 cm³/mol. The monoisotopic (exact) mass is 410 g/mol. The van der Waals surface area contributed by atoms with Crippen LogP contribution in [0.2, 0.25) is 0 Å². The number of sulfonamides is 1. The summed E-state index contributed by atoms with van der Waals surface area (Å²) < 4.78 is 31.1. The first-order valence-electron chi connectivity index (χ1n) is 8.94. The van der Waals surface area contributed by atoms with Gasteiger partial charge in [0.2, 0.25) is 10.0 Å². The van der Waals surface area contributed by atoms with Crippen molar-refractivity contribution >= 4 is 27.3 Å². The molecule has 0 atom stereocenters. The number of ether oxygens (including phenoxy) is 1. The Morgan fingerprint density at radius 1 is 0.931 bits per heavy atom. The van der Waals surface area contributed by atoms with Gasteiger partial charge in [-0.2, -0.15) is 0 Å². The van der Waals surface area contributed by atoms with Crippen molar-refractivity contribution in [1.29, 1.82) is 0 Å². The van der Waals surface area contributed by atoms with Gasteiger partial charge in [-0.05, 0) is 42.0 Å². The van der Waals surface area contributed by atoms with Gasteiger partial charge in [0.25, 0.3) is 5.91 Å². The minimum Gasteiger partial charge on any atom is -0.495 e. The molecule has 1 N–H and O–H groups in total. The lowest BCUT2D eigenvalue weighted by Gasteiger charge is -2.22. The first-order chi connectivity index (χ1) is 13.9. The zero-order chi connectivity index (χ0) is 20.9. The zero-order valence-corrected chi connectivity index (χ0v) is 17.0. The summed E-state index contributed by atoms with van der Waals surface area (Å²) in [6.45, 7) is 0.215. The summed E-state index contributed by atoms with van der Waals surface area (Å²) in [5.74, 6) is 0.249. The Kier molecular flexibility index (Phi) is 6.19. The predicted octanol–water partition coefficient (Wildman–Crippen LogP) is 3.91. The van der Waals surface area contributed by atoms with Gasteiger partial charge in [-0.15, -0.1) is 0 Å². The zero-order valence-electron chi connectivity index (χ0n) is 16.2. The average molecular weight is 410 g/mol. The number of hydrogen-bond donors (Lipinski definition) is 1. The second-order valence-corrected chi connectivity index (χ2v) is 8.36. The average Bonchev–Trinajstić information content (AvgIpc) is 2.72. The van der Waals surface area contributed by atoms with Crippen LogP contribution in [0.3, 0.4) is 0 Å². The van der Waals surface area contributed by atoms with Crippen LogP contribution in [-0.4, -0.2) is 27.7 Å². The number of nitrogens with one attached hydrogen (secondary N) is 1. The minimum absolute atomic E-state index is 0.215. The van der Waals surface area contributed by atoms with Gasteiger partial charge in [-0.1, -0.05) is 42.5 Å². The number of nitrogens with zero attached hydrogens (tertiary/aromatic N) is 1. The van der Waals surface area contributed by atoms with E-state index in [2.05, 4.69) is 5.32 Å². The van der Waals surface area contributed by atoms with Crippen molar-refractivity contribution in [1.82, 2.24) is 0 Å². The number of anilines is 2. The van der Waals surface area contributed by atoms with E-state index in [1.807, 2.05) is 36.4 Å². The van der Waals surface area contributed by atoms with Crippen LogP contribution < -0.4 is 14.4 Å². The molecule has 0 saturated heterocycles. The summed E-state index contributed by atoms with van der Waals surface area (Å²) in [7, 11) is -1.96. The van der Waals surface area contributed by atoms with Crippen molar-refractivity contribution in [2.24, 2.45) is 0 Å². The third-order valence-electron chi connectivity index (χ3n) is 4.34. The van der Waals surface area contributed by atoms with E-state index in [0.717, 1.165) is 11.8 Å². The molecule has 3 aromatic carbocycles. The number of rotatable bonds is 7. The molecule has 0 saturated carbocycles. The maximum Gasteiger partial charge on any atom is 0.255 e. The highest BCUT2D eigenvalue weighted by atomic mass is 32.2. The molecule has 0 aromatic heterocycles. The third-order valence-corrected chi connectivity index (χ3v) is 5.48. The molecule has 3 rings (SSSR count). The summed E-state index contributed by atoms with van der Waals surface area (Å²) in [5, 5.41) is 2.80. The number of para-hydroxylation sites is 2. The molecule has 0 unspecified atom stereocenters. The number of hydrogen-bond acceptors (Lipinski definition) is 4. The van der Waals surface area contributed by atoms with Crippen LogP contribution in [0.1, 0.15) is 15.9 Å². The Morgan fingerprint density at radius 3 is 2.17 bits per heavy atom. The molecule has 0 aliphatic rings. The molecule has 1 amide bonds. The first-order valence-corrected chi connectivity index (χ1v) is 10.8. The van der Waals surface area contributed by atoms with Gasteiger partial charge in [-0.25, -0.2) is 8.42 Å². The molecule has 3 aromatic rings. The molecule has 6 nitrogen and oxygen atoms in total. The van der Waals surface area contributed by atoms with Crippen molar-refractivity contribution in [3.63, 3.8) is 0 Å². The topological polar surface area (TPSA) is 75.7 Å². The molecule has 29 heavy (non-hydrogen) atoms. The lowest BCUT2D eigenvalue weighted by atomic mass is 10.1. The van der Waals surface area contributed by atoms with Crippen molar-refractivity contribution in [2.75, 3.05) is 23.0 Å². The first kappa shape index (κ1) is 20.4. The molecule has 7 heteroatoms. The van der Waals surface area contributed by atoms with E-state index < -0.39 is 10.0 Å². The molecule has 0 heterocycles. The summed E-state index contributed by atoms with van der Waals surface area (Å²) in [6.07, 6.45) is 1.16. The van der Waals surface area contributed by atoms with Crippen molar-refractivity contribution in [3.8, 4) is 5.75 Å². The molecule has 0 bridgehead atoms. The summed E-state index contributed by atoms with van der Waals surface area (Å²) in [5.41, 5.74) is 2.33. The SMILES string of the molecule is COc1ccccc1NC(=O)c1ccc(N(Cc2ccccc2)S(C)(=O)=O)cc1. The molecule has 0 aliphatic heterocycles. The number of methoxy groups -OCH3 is 1. The van der Waals surface area contributed by atoms with Gasteiger partial charge in [0.05, 0.1) is 31.3 Å². The normalized spacial score (nSPS) is 11.0. The second kappa shape index (κ2) is 8.79. The van der Waals surface area contributed by atoms with Gasteiger partial charge in [0.1, 0.15) is 5.75 Å². The Hall–Kier alpha value is -3.32. The highest BCUT2D eigenvalue weighted by Gasteiger charge is 2.18. The minimum atomic E-state index is -3.49. The number of carbonyl (C=O) groups is 1. The highest BCUT2D eigenvalue weighted by Crippen LogP contribution is 2.25. The Morgan fingerprint density at radius 2 is 1.55 bits per heavy atom. The van der Waals surface area contributed by atoms with Gasteiger partial charge in [0, 0.05) is 5.56 Å². The number of carbonyl (C=O) groups excluding carboxylic acids is 1. The van der Waals surface area contributed by atoms with Crippen molar-refractivity contribution in [2.45, 2.75) is 6.54 Å². The fourth-order valence-electron chi connectivity index (χ4n) is 2.87. The fraction of sp³-hybridized carbons (Fsp3) is 0.136. The van der Waals surface area contributed by atoms with Crippen LogP contribution in [0.15, 0.2) is 78.9 Å². The van der Waals surface area contributed by atoms with Crippen LogP contribution >= 0.6 is 0 Å². The number of amides is 1. The van der Waals surface area contributed by atoms with Crippen LogP contribution in [0, 0.1) is 0 Å². The summed E-state index contributed by atoms with van der Waals surface area (Å²) in [6, 6.07) is 22.9. The summed E-state index contributed by atoms with van der Waals surface area (Å²) >= 11 is 0. The molecule has 0 fully saturated rings. The van der Waals surface area contributed by atoms with Crippen LogP contribution in [0.5, 0.6) is 5.75 Å². The van der Waals surface area contributed by atoms with E-state index in [-0.39, 0.29) is 12.5 Å². The van der Waals surface area contributed by atoms with E-state index in [4.69, 9.17) is 4.74 Å². The van der Waals surface area contributed by atoms with E-state index in [9.17, 15) is 13.2 Å². The molecular formula is C22H22N2O4S. The Labute approximate surface area is 170 Å². The number of benzene rings is 3. The maximum atomic E-state index is 12.6. The molecule has 0 spiro atoms. The van der Waals surface area contributed by atoms with Crippen LogP contribution in [0.4, 0.5) is 11.4 Å². The van der Waals surface area contributed by atoms with E-state index in [0.29, 0.717) is 22.7 Å². The quantitative estimate of drug-likeness (QED) is 0.641. The largest absolute Gasteiger partial charge is 0.495 e. The Bertz CT molecular complexity index is 1080. The molecular weight excluding hydrogens is 388 g/mol. The fourth-order valence-corrected chi connectivity index (χ4v) is 3.76. The van der Waals surface area contributed by atoms with E-state index in [1.165, 1.54) is 11.4 Å². The maximum absolute atomic E-state index is 12.6. The molecule has 0 aliphatic carbocycles. The molecule has 0 radical (unpaired) electrons. The standard InChI is InChI=1S/C22H22N2O4S/c1-28-21-11-7-6-10-20(21)23-22(25)18-12-14-19(15-13-18)24(29(2,26)27)16-17-8-4-3-5-9-17/h3-15H,16H2,1-2H3,(H,23,25). The van der Waals surface area contributed by atoms with Crippen LogP contribution in [0.25, 0.3) is 0 Å². The van der Waals surface area contributed by atoms with E-state index >= 15 is 0 Å². The Balaban J connectivity index is 1.81. The van der Waals surface area contributed by atoms with Gasteiger partial charge < -0.3 is 10.1 Å². The van der Waals surface area contributed by atoms with Crippen LogP contribution in [-0.2, 0) is 16.6 Å². The van der Waals surface area contributed by atoms with Crippen molar-refractivity contribution in [3.05, 3.63) is 90.0 Å². The second-order valence-electron chi connectivity index (χ2n) is 6.46. The van der Waals surface area contributed by atoms with Gasteiger partial charge in [0.15, 0.2) is 0 Å². The third kappa shape index (κ3) is 5.14. The molecule has 150 valence electrons. The van der Waals surface area contributed by atoms with E-state index in [1.54, 1.807) is 42.5 Å². The lowest BCUT2D eigenvalue weighted by molar-refractivity contribution is 0.102.